The number of benzene rings is 1. The van der Waals surface area contributed by atoms with Gasteiger partial charge in [0.25, 0.3) is 0 Å². The fraction of sp³-hybridized carbons (Fsp3) is 0.500. The summed E-state index contributed by atoms with van der Waals surface area (Å²) in [6, 6.07) is 5.04. The second-order valence-corrected chi connectivity index (χ2v) is 7.31. The van der Waals surface area contributed by atoms with Crippen LogP contribution in [-0.2, 0) is 0 Å². The first kappa shape index (κ1) is 17.3. The number of guanidine groups is 1. The number of hydrogen-bond donors (Lipinski definition) is 2. The third-order valence-corrected chi connectivity index (χ3v) is 5.63. The molecule has 1 saturated heterocycles. The van der Waals surface area contributed by atoms with E-state index in [0.29, 0.717) is 16.5 Å². The fourth-order valence-corrected chi connectivity index (χ4v) is 4.08. The van der Waals surface area contributed by atoms with Crippen LogP contribution < -0.4 is 5.32 Å². The van der Waals surface area contributed by atoms with Gasteiger partial charge >= 0.3 is 0 Å². The fourth-order valence-electron chi connectivity index (χ4n) is 3.78. The molecule has 1 aromatic carbocycles. The van der Waals surface area contributed by atoms with Crippen molar-refractivity contribution >= 4 is 17.6 Å². The van der Waals surface area contributed by atoms with E-state index in [4.69, 9.17) is 11.6 Å². The van der Waals surface area contributed by atoms with Crippen molar-refractivity contribution in [3.8, 4) is 0 Å². The molecule has 2 unspecified atom stereocenters. The molecule has 2 aromatic rings. The van der Waals surface area contributed by atoms with E-state index in [0.717, 1.165) is 44.1 Å². The number of hydrogen-bond acceptors (Lipinski definition) is 3. The Morgan fingerprint density at radius 3 is 2.85 bits per heavy atom. The molecule has 2 aliphatic rings. The molecule has 1 aliphatic heterocycles. The zero-order valence-corrected chi connectivity index (χ0v) is 15.4. The van der Waals surface area contributed by atoms with Crippen LogP contribution in [0.4, 0.5) is 4.39 Å². The van der Waals surface area contributed by atoms with Gasteiger partial charge < -0.3 is 10.2 Å². The molecule has 6 nitrogen and oxygen atoms in total. The zero-order valence-electron chi connectivity index (χ0n) is 14.6. The van der Waals surface area contributed by atoms with Crippen LogP contribution in [0.1, 0.15) is 42.5 Å². The summed E-state index contributed by atoms with van der Waals surface area (Å²) in [6.07, 6.45) is 4.43. The third-order valence-electron chi connectivity index (χ3n) is 5.30. The van der Waals surface area contributed by atoms with E-state index < -0.39 is 0 Å². The molecule has 8 heteroatoms. The number of nitrogens with zero attached hydrogens (tertiary/aromatic N) is 4. The number of aromatic nitrogens is 3. The van der Waals surface area contributed by atoms with Crippen LogP contribution >= 0.6 is 11.6 Å². The molecule has 0 amide bonds. The number of rotatable bonds is 3. The van der Waals surface area contributed by atoms with Crippen molar-refractivity contribution in [2.45, 2.75) is 37.1 Å². The van der Waals surface area contributed by atoms with Crippen LogP contribution in [0, 0.1) is 5.82 Å². The minimum absolute atomic E-state index is 0.104. The lowest BCUT2D eigenvalue weighted by Gasteiger charge is -2.33. The van der Waals surface area contributed by atoms with Gasteiger partial charge in [-0.1, -0.05) is 17.7 Å². The van der Waals surface area contributed by atoms with Gasteiger partial charge in [0, 0.05) is 48.6 Å². The van der Waals surface area contributed by atoms with Gasteiger partial charge in [0.15, 0.2) is 5.96 Å². The lowest BCUT2D eigenvalue weighted by atomic mass is 9.96. The van der Waals surface area contributed by atoms with Gasteiger partial charge in [-0.2, -0.15) is 5.10 Å². The maximum atomic E-state index is 14.1. The van der Waals surface area contributed by atoms with E-state index in [-0.39, 0.29) is 17.8 Å². The van der Waals surface area contributed by atoms with Crippen LogP contribution in [0.3, 0.4) is 0 Å². The Labute approximate surface area is 156 Å². The first-order valence-corrected chi connectivity index (χ1v) is 9.32. The van der Waals surface area contributed by atoms with Crippen molar-refractivity contribution < 1.29 is 4.39 Å². The van der Waals surface area contributed by atoms with Gasteiger partial charge in [0.1, 0.15) is 18.0 Å². The lowest BCUT2D eigenvalue weighted by molar-refractivity contribution is 0.298. The average Bonchev–Trinajstić information content (AvgIpc) is 3.17. The number of halogens is 2. The summed E-state index contributed by atoms with van der Waals surface area (Å²) < 4.78 is 14.1. The molecule has 2 heterocycles. The molecule has 0 bridgehead atoms. The summed E-state index contributed by atoms with van der Waals surface area (Å²) in [5.41, 5.74) is 0.617. The van der Waals surface area contributed by atoms with Crippen LogP contribution in [-0.4, -0.2) is 52.2 Å². The quantitative estimate of drug-likeness (QED) is 0.638. The van der Waals surface area contributed by atoms with Crippen molar-refractivity contribution in [1.82, 2.24) is 25.4 Å². The highest BCUT2D eigenvalue weighted by Crippen LogP contribution is 2.45. The van der Waals surface area contributed by atoms with Crippen molar-refractivity contribution in [3.63, 3.8) is 0 Å². The summed E-state index contributed by atoms with van der Waals surface area (Å²) in [5, 5.41) is 10.9. The lowest BCUT2D eigenvalue weighted by Crippen LogP contribution is -2.46. The highest BCUT2D eigenvalue weighted by Gasteiger charge is 2.42. The predicted molar refractivity (Wildman–Crippen MR) is 99.0 cm³/mol. The molecule has 0 spiro atoms. The van der Waals surface area contributed by atoms with Crippen molar-refractivity contribution in [3.05, 3.63) is 46.8 Å². The predicted octanol–water partition coefficient (Wildman–Crippen LogP) is 2.91. The van der Waals surface area contributed by atoms with Crippen molar-refractivity contribution in [2.24, 2.45) is 4.99 Å². The summed E-state index contributed by atoms with van der Waals surface area (Å²) >= 11 is 6.19. The number of piperidine rings is 1. The molecule has 2 fully saturated rings. The minimum atomic E-state index is -0.227. The molecule has 2 N–H and O–H groups in total. The topological polar surface area (TPSA) is 69.2 Å². The van der Waals surface area contributed by atoms with Gasteiger partial charge in [-0.05, 0) is 31.4 Å². The zero-order chi connectivity index (χ0) is 18.1. The molecule has 1 aliphatic carbocycles. The largest absolute Gasteiger partial charge is 0.353 e. The van der Waals surface area contributed by atoms with Gasteiger partial charge in [-0.3, -0.25) is 10.1 Å². The van der Waals surface area contributed by atoms with E-state index in [1.165, 1.54) is 6.07 Å². The monoisotopic (exact) mass is 376 g/mol. The van der Waals surface area contributed by atoms with Crippen molar-refractivity contribution in [1.29, 1.82) is 0 Å². The minimum Gasteiger partial charge on any atom is -0.353 e. The molecular formula is C18H22ClFN6. The molecule has 26 heavy (non-hydrogen) atoms. The number of likely N-dealkylation sites (tertiary alicyclic amines) is 1. The summed E-state index contributed by atoms with van der Waals surface area (Å²) in [5.74, 6) is 2.13. The third kappa shape index (κ3) is 3.40. The van der Waals surface area contributed by atoms with Gasteiger partial charge in [-0.15, -0.1) is 0 Å². The molecule has 1 saturated carbocycles. The highest BCUT2D eigenvalue weighted by molar-refractivity contribution is 6.31. The molecule has 0 radical (unpaired) electrons. The second-order valence-electron chi connectivity index (χ2n) is 6.91. The highest BCUT2D eigenvalue weighted by atomic mass is 35.5. The van der Waals surface area contributed by atoms with Gasteiger partial charge in [0.05, 0.1) is 0 Å². The summed E-state index contributed by atoms with van der Waals surface area (Å²) in [7, 11) is 1.79. The molecule has 138 valence electrons. The molecule has 4 rings (SSSR count). The van der Waals surface area contributed by atoms with E-state index in [2.05, 4.69) is 30.4 Å². The molecule has 1 aromatic heterocycles. The number of aromatic amines is 1. The average molecular weight is 377 g/mol. The normalized spacial score (nSPS) is 24.0. The van der Waals surface area contributed by atoms with E-state index >= 15 is 0 Å². The Morgan fingerprint density at radius 1 is 1.38 bits per heavy atom. The summed E-state index contributed by atoms with van der Waals surface area (Å²) in [6.45, 7) is 1.81. The molecule has 2 atom stereocenters. The van der Waals surface area contributed by atoms with Crippen LogP contribution in [0.2, 0.25) is 5.02 Å². The number of aliphatic imine (C=N–C) groups is 1. The number of nitrogens with one attached hydrogen (secondary N) is 2. The van der Waals surface area contributed by atoms with E-state index in [1.807, 2.05) is 0 Å². The van der Waals surface area contributed by atoms with Crippen LogP contribution in [0.15, 0.2) is 29.5 Å². The van der Waals surface area contributed by atoms with E-state index in [9.17, 15) is 4.39 Å². The maximum absolute atomic E-state index is 14.1. The SMILES string of the molecule is CN=C(NC1CC1c1c(F)cccc1Cl)N1CCC(c2ncn[nH]2)CC1. The Bertz CT molecular complexity index is 765. The Hall–Kier alpha value is -2.15. The molecular weight excluding hydrogens is 355 g/mol. The first-order valence-electron chi connectivity index (χ1n) is 8.94. The van der Waals surface area contributed by atoms with Crippen LogP contribution in [0.25, 0.3) is 0 Å². The Balaban J connectivity index is 1.35. The van der Waals surface area contributed by atoms with Gasteiger partial charge in [0.2, 0.25) is 0 Å². The van der Waals surface area contributed by atoms with Crippen molar-refractivity contribution in [2.75, 3.05) is 20.1 Å². The van der Waals surface area contributed by atoms with E-state index in [1.54, 1.807) is 25.5 Å². The van der Waals surface area contributed by atoms with Gasteiger partial charge in [-0.25, -0.2) is 9.37 Å². The smallest absolute Gasteiger partial charge is 0.193 e. The van der Waals surface area contributed by atoms with Crippen LogP contribution in [0.5, 0.6) is 0 Å². The Kier molecular flexibility index (Phi) is 4.80. The first-order chi connectivity index (χ1) is 12.7. The second kappa shape index (κ2) is 7.23. The number of H-pyrrole nitrogens is 1. The Morgan fingerprint density at radius 2 is 2.19 bits per heavy atom. The summed E-state index contributed by atoms with van der Waals surface area (Å²) in [4.78, 5) is 10.9. The maximum Gasteiger partial charge on any atom is 0.193 e. The standard InChI is InChI=1S/C18H22ClFN6/c1-21-18(26-7-5-11(6-8-26)17-22-10-23-25-17)24-15-9-12(15)16-13(19)3-2-4-14(16)20/h2-4,10-12,15H,5-9H2,1H3,(H,21,24)(H,22,23,25).